The standard InChI is InChI=1S/C10H18FN3O5/c1-4-2-14(10(17)12-8(4)16)9-6(11)7(13-18)5(3-15)19-9/h2,5-10,12-13,15-18H,3H2,1H3/t5-,6?,7?,8?,9?,10?/m1/s1. The van der Waals surface area contributed by atoms with Gasteiger partial charge in [-0.3, -0.25) is 0 Å². The van der Waals surface area contributed by atoms with Crippen LogP contribution < -0.4 is 10.8 Å². The summed E-state index contributed by atoms with van der Waals surface area (Å²) in [6.07, 6.45) is -4.77. The third-order valence-corrected chi connectivity index (χ3v) is 3.33. The van der Waals surface area contributed by atoms with Crippen molar-refractivity contribution in [2.24, 2.45) is 0 Å². The van der Waals surface area contributed by atoms with Crippen LogP contribution in [0.25, 0.3) is 0 Å². The third-order valence-electron chi connectivity index (χ3n) is 3.33. The Morgan fingerprint density at radius 2 is 2.21 bits per heavy atom. The number of hydroxylamine groups is 1. The maximum atomic E-state index is 14.1. The second-order valence-corrected chi connectivity index (χ2v) is 4.61. The first-order chi connectivity index (χ1) is 8.99. The zero-order valence-corrected chi connectivity index (χ0v) is 10.3. The van der Waals surface area contributed by atoms with Crippen LogP contribution in [0.15, 0.2) is 11.8 Å². The summed E-state index contributed by atoms with van der Waals surface area (Å²) in [7, 11) is 0. The van der Waals surface area contributed by atoms with E-state index in [-0.39, 0.29) is 0 Å². The lowest BCUT2D eigenvalue weighted by atomic mass is 10.1. The van der Waals surface area contributed by atoms with Crippen LogP contribution in [0.4, 0.5) is 4.39 Å². The van der Waals surface area contributed by atoms with Crippen LogP contribution in [0.3, 0.4) is 0 Å². The molecular weight excluding hydrogens is 261 g/mol. The Bertz CT molecular complexity index is 358. The van der Waals surface area contributed by atoms with Crippen LogP contribution in [0.1, 0.15) is 6.92 Å². The quantitative estimate of drug-likeness (QED) is 0.322. The Kier molecular flexibility index (Phi) is 4.36. The van der Waals surface area contributed by atoms with Gasteiger partial charge in [0.1, 0.15) is 12.3 Å². The molecule has 110 valence electrons. The lowest BCUT2D eigenvalue weighted by Gasteiger charge is -2.38. The molecule has 0 aromatic heterocycles. The second-order valence-electron chi connectivity index (χ2n) is 4.61. The van der Waals surface area contributed by atoms with Crippen molar-refractivity contribution >= 4 is 0 Å². The number of nitrogens with zero attached hydrogens (tertiary/aromatic N) is 1. The third kappa shape index (κ3) is 2.58. The predicted octanol–water partition coefficient (Wildman–Crippen LogP) is -2.21. The van der Waals surface area contributed by atoms with Crippen molar-refractivity contribution in [2.75, 3.05) is 6.61 Å². The molecule has 0 radical (unpaired) electrons. The van der Waals surface area contributed by atoms with Gasteiger partial charge in [-0.25, -0.2) is 9.71 Å². The molecule has 0 spiro atoms. The summed E-state index contributed by atoms with van der Waals surface area (Å²) >= 11 is 0. The minimum atomic E-state index is -1.67. The average Bonchev–Trinajstić information content (AvgIpc) is 2.70. The van der Waals surface area contributed by atoms with E-state index >= 15 is 0 Å². The summed E-state index contributed by atoms with van der Waals surface area (Å²) < 4.78 is 19.4. The molecule has 2 heterocycles. The van der Waals surface area contributed by atoms with Gasteiger partial charge in [0.05, 0.1) is 12.6 Å². The van der Waals surface area contributed by atoms with E-state index in [1.54, 1.807) is 12.4 Å². The number of nitrogens with one attached hydrogen (secondary N) is 2. The van der Waals surface area contributed by atoms with Gasteiger partial charge in [-0.1, -0.05) is 0 Å². The number of aliphatic hydroxyl groups is 3. The predicted molar refractivity (Wildman–Crippen MR) is 60.1 cm³/mol. The van der Waals surface area contributed by atoms with Gasteiger partial charge in [0.2, 0.25) is 0 Å². The van der Waals surface area contributed by atoms with Crippen molar-refractivity contribution in [1.82, 2.24) is 15.7 Å². The molecular formula is C10H18FN3O5. The van der Waals surface area contributed by atoms with Crippen molar-refractivity contribution in [3.63, 3.8) is 0 Å². The SMILES string of the molecule is CC1=CN(C2O[C@H](CO)C(NO)C2F)C(O)NC1O. The number of aliphatic hydroxyl groups excluding tert-OH is 3. The van der Waals surface area contributed by atoms with Crippen LogP contribution in [-0.2, 0) is 4.74 Å². The molecule has 0 bridgehead atoms. The summed E-state index contributed by atoms with van der Waals surface area (Å²) in [6.45, 7) is 1.13. The highest BCUT2D eigenvalue weighted by Crippen LogP contribution is 2.29. The first-order valence-electron chi connectivity index (χ1n) is 5.87. The smallest absolute Gasteiger partial charge is 0.187 e. The summed E-state index contributed by atoms with van der Waals surface area (Å²) in [4.78, 5) is 1.15. The van der Waals surface area contributed by atoms with Crippen molar-refractivity contribution in [3.8, 4) is 0 Å². The number of hydrogen-bond donors (Lipinski definition) is 6. The fraction of sp³-hybridized carbons (Fsp3) is 0.800. The molecule has 9 heteroatoms. The monoisotopic (exact) mass is 279 g/mol. The zero-order chi connectivity index (χ0) is 14.2. The highest BCUT2D eigenvalue weighted by Gasteiger charge is 2.49. The number of alkyl halides is 1. The molecule has 5 unspecified atom stereocenters. The Morgan fingerprint density at radius 1 is 1.53 bits per heavy atom. The average molecular weight is 279 g/mol. The number of rotatable bonds is 3. The maximum Gasteiger partial charge on any atom is 0.187 e. The van der Waals surface area contributed by atoms with Crippen LogP contribution in [0.2, 0.25) is 0 Å². The van der Waals surface area contributed by atoms with E-state index < -0.39 is 43.7 Å². The molecule has 0 saturated carbocycles. The molecule has 1 fully saturated rings. The first kappa shape index (κ1) is 14.6. The topological polar surface area (TPSA) is 117 Å². The lowest BCUT2D eigenvalue weighted by molar-refractivity contribution is -0.148. The molecule has 2 rings (SSSR count). The van der Waals surface area contributed by atoms with Crippen LogP contribution >= 0.6 is 0 Å². The van der Waals surface area contributed by atoms with E-state index in [1.807, 2.05) is 0 Å². The van der Waals surface area contributed by atoms with Crippen molar-refractivity contribution in [3.05, 3.63) is 11.8 Å². The summed E-state index contributed by atoms with van der Waals surface area (Å²) in [5.74, 6) is 0. The van der Waals surface area contributed by atoms with Gasteiger partial charge in [-0.2, -0.15) is 5.48 Å². The van der Waals surface area contributed by atoms with Gasteiger partial charge in [0, 0.05) is 6.20 Å². The molecule has 2 aliphatic heterocycles. The van der Waals surface area contributed by atoms with Crippen molar-refractivity contribution in [1.29, 1.82) is 0 Å². The zero-order valence-electron chi connectivity index (χ0n) is 10.3. The Labute approximate surface area is 109 Å². The highest BCUT2D eigenvalue weighted by atomic mass is 19.1. The van der Waals surface area contributed by atoms with Gasteiger partial charge in [-0.05, 0) is 12.5 Å². The molecule has 6 atom stereocenters. The molecule has 0 aliphatic carbocycles. The van der Waals surface area contributed by atoms with Crippen molar-refractivity contribution < 1.29 is 29.7 Å². The van der Waals surface area contributed by atoms with Gasteiger partial charge in [0.15, 0.2) is 18.8 Å². The van der Waals surface area contributed by atoms with E-state index in [0.717, 1.165) is 4.90 Å². The van der Waals surface area contributed by atoms with Gasteiger partial charge >= 0.3 is 0 Å². The first-order valence-corrected chi connectivity index (χ1v) is 5.87. The van der Waals surface area contributed by atoms with Gasteiger partial charge in [0.25, 0.3) is 0 Å². The Morgan fingerprint density at radius 3 is 2.74 bits per heavy atom. The maximum absolute atomic E-state index is 14.1. The molecule has 8 nitrogen and oxygen atoms in total. The van der Waals surface area contributed by atoms with E-state index in [1.165, 1.54) is 6.20 Å². The minimum absolute atomic E-state index is 0.474. The summed E-state index contributed by atoms with van der Waals surface area (Å²) in [5.41, 5.74) is 2.23. The minimum Gasteiger partial charge on any atom is -0.394 e. The molecule has 19 heavy (non-hydrogen) atoms. The fourth-order valence-corrected chi connectivity index (χ4v) is 2.21. The van der Waals surface area contributed by atoms with Crippen LogP contribution in [0.5, 0.6) is 0 Å². The van der Waals surface area contributed by atoms with Gasteiger partial charge in [-0.15, -0.1) is 0 Å². The summed E-state index contributed by atoms with van der Waals surface area (Å²) in [5, 5.41) is 39.6. The Hall–Kier alpha value is -0.810. The van der Waals surface area contributed by atoms with E-state index in [0.29, 0.717) is 5.57 Å². The number of ether oxygens (including phenoxy) is 1. The van der Waals surface area contributed by atoms with E-state index in [9.17, 15) is 14.6 Å². The number of halogens is 1. The molecule has 0 amide bonds. The number of hydrogen-bond acceptors (Lipinski definition) is 8. The van der Waals surface area contributed by atoms with E-state index in [2.05, 4.69) is 5.32 Å². The molecule has 2 aliphatic rings. The summed E-state index contributed by atoms with van der Waals surface area (Å²) in [6, 6.07) is -1.09. The van der Waals surface area contributed by atoms with Crippen LogP contribution in [0, 0.1) is 0 Å². The molecule has 0 aromatic rings. The van der Waals surface area contributed by atoms with Crippen molar-refractivity contribution in [2.45, 2.75) is 44.0 Å². The molecule has 0 aromatic carbocycles. The van der Waals surface area contributed by atoms with Crippen LogP contribution in [-0.4, -0.2) is 69.2 Å². The fourth-order valence-electron chi connectivity index (χ4n) is 2.21. The largest absolute Gasteiger partial charge is 0.394 e. The molecule has 1 saturated heterocycles. The van der Waals surface area contributed by atoms with Gasteiger partial charge < -0.3 is 30.2 Å². The van der Waals surface area contributed by atoms with E-state index in [4.69, 9.17) is 15.1 Å². The highest BCUT2D eigenvalue weighted by molar-refractivity contribution is 5.09. The Balaban J connectivity index is 2.18. The lowest BCUT2D eigenvalue weighted by Crippen LogP contribution is -2.57. The second kappa shape index (κ2) is 5.67. The molecule has 6 N–H and O–H groups in total. The normalized spacial score (nSPS) is 43.5.